The molecule has 3 heteroatoms. The Bertz CT molecular complexity index is 580. The Morgan fingerprint density at radius 2 is 2.29 bits per heavy atom. The van der Waals surface area contributed by atoms with Crippen molar-refractivity contribution in [1.29, 1.82) is 0 Å². The number of benzene rings is 1. The van der Waals surface area contributed by atoms with Crippen LogP contribution in [0.2, 0.25) is 0 Å². The molecular formula is C18H22O3. The SMILES string of the molecule is O=C(O)C1(CCc2ccc3c(c2)CCO3)CC2CCC1C2. The van der Waals surface area contributed by atoms with Crippen LogP contribution in [0.5, 0.6) is 5.75 Å². The molecule has 1 aromatic carbocycles. The lowest BCUT2D eigenvalue weighted by atomic mass is 9.69. The molecule has 0 saturated heterocycles. The van der Waals surface area contributed by atoms with Crippen molar-refractivity contribution < 1.29 is 14.6 Å². The van der Waals surface area contributed by atoms with Gasteiger partial charge in [0.05, 0.1) is 12.0 Å². The highest BCUT2D eigenvalue weighted by atomic mass is 16.5. The average molecular weight is 286 g/mol. The zero-order valence-electron chi connectivity index (χ0n) is 12.3. The number of rotatable bonds is 4. The van der Waals surface area contributed by atoms with Crippen molar-refractivity contribution in [2.45, 2.75) is 44.9 Å². The number of carboxylic acids is 1. The van der Waals surface area contributed by atoms with Gasteiger partial charge in [0.25, 0.3) is 0 Å². The monoisotopic (exact) mass is 286 g/mol. The summed E-state index contributed by atoms with van der Waals surface area (Å²) < 4.78 is 5.54. The maximum absolute atomic E-state index is 11.9. The molecule has 1 aliphatic heterocycles. The molecule has 1 aromatic rings. The Labute approximate surface area is 125 Å². The van der Waals surface area contributed by atoms with Crippen LogP contribution >= 0.6 is 0 Å². The zero-order chi connectivity index (χ0) is 14.4. The summed E-state index contributed by atoms with van der Waals surface area (Å²) in [6, 6.07) is 6.36. The molecule has 1 N–H and O–H groups in total. The number of ether oxygens (including phenoxy) is 1. The van der Waals surface area contributed by atoms with E-state index in [0.717, 1.165) is 50.9 Å². The fourth-order valence-corrected chi connectivity index (χ4v) is 4.88. The van der Waals surface area contributed by atoms with E-state index in [1.807, 2.05) is 6.07 Å². The van der Waals surface area contributed by atoms with Gasteiger partial charge in [-0.05, 0) is 61.1 Å². The zero-order valence-corrected chi connectivity index (χ0v) is 12.3. The highest BCUT2D eigenvalue weighted by Crippen LogP contribution is 2.58. The van der Waals surface area contributed by atoms with Crippen molar-refractivity contribution in [2.75, 3.05) is 6.61 Å². The van der Waals surface area contributed by atoms with Crippen molar-refractivity contribution >= 4 is 5.97 Å². The van der Waals surface area contributed by atoms with Crippen LogP contribution in [0.3, 0.4) is 0 Å². The van der Waals surface area contributed by atoms with Gasteiger partial charge in [-0.1, -0.05) is 18.6 Å². The van der Waals surface area contributed by atoms with Gasteiger partial charge in [0.1, 0.15) is 5.75 Å². The molecule has 0 radical (unpaired) electrons. The molecule has 0 aromatic heterocycles. The fraction of sp³-hybridized carbons (Fsp3) is 0.611. The van der Waals surface area contributed by atoms with E-state index in [-0.39, 0.29) is 0 Å². The lowest BCUT2D eigenvalue weighted by Gasteiger charge is -2.33. The normalized spacial score (nSPS) is 33.0. The van der Waals surface area contributed by atoms with Crippen molar-refractivity contribution in [3.63, 3.8) is 0 Å². The summed E-state index contributed by atoms with van der Waals surface area (Å²) in [4.78, 5) is 11.9. The molecule has 3 aliphatic rings. The lowest BCUT2D eigenvalue weighted by molar-refractivity contribution is -0.153. The van der Waals surface area contributed by atoms with Crippen LogP contribution in [-0.4, -0.2) is 17.7 Å². The quantitative estimate of drug-likeness (QED) is 0.922. The third kappa shape index (κ3) is 2.05. The molecule has 4 rings (SSSR count). The van der Waals surface area contributed by atoms with Gasteiger partial charge < -0.3 is 9.84 Å². The van der Waals surface area contributed by atoms with Crippen LogP contribution in [-0.2, 0) is 17.6 Å². The fourth-order valence-electron chi connectivity index (χ4n) is 4.88. The molecule has 3 nitrogen and oxygen atoms in total. The van der Waals surface area contributed by atoms with Crippen LogP contribution in [0.1, 0.15) is 43.2 Å². The first-order valence-corrected chi connectivity index (χ1v) is 8.15. The molecule has 0 amide bonds. The van der Waals surface area contributed by atoms with Crippen LogP contribution < -0.4 is 4.74 Å². The number of carbonyl (C=O) groups is 1. The minimum Gasteiger partial charge on any atom is -0.493 e. The van der Waals surface area contributed by atoms with Gasteiger partial charge in [-0.25, -0.2) is 0 Å². The van der Waals surface area contributed by atoms with Crippen LogP contribution in [0, 0.1) is 17.3 Å². The molecule has 21 heavy (non-hydrogen) atoms. The van der Waals surface area contributed by atoms with Gasteiger partial charge in [-0.3, -0.25) is 4.79 Å². The number of hydrogen-bond donors (Lipinski definition) is 1. The molecule has 0 spiro atoms. The van der Waals surface area contributed by atoms with E-state index in [1.165, 1.54) is 17.5 Å². The van der Waals surface area contributed by atoms with Gasteiger partial charge in [-0.2, -0.15) is 0 Å². The Morgan fingerprint density at radius 1 is 1.38 bits per heavy atom. The first-order chi connectivity index (χ1) is 10.2. The summed E-state index contributed by atoms with van der Waals surface area (Å²) in [5.74, 6) is 1.53. The largest absolute Gasteiger partial charge is 0.493 e. The minimum absolute atomic E-state index is 0.415. The molecular weight excluding hydrogens is 264 g/mol. The van der Waals surface area contributed by atoms with Crippen molar-refractivity contribution in [1.82, 2.24) is 0 Å². The van der Waals surface area contributed by atoms with Crippen LogP contribution in [0.15, 0.2) is 18.2 Å². The third-order valence-corrected chi connectivity index (χ3v) is 6.02. The van der Waals surface area contributed by atoms with E-state index >= 15 is 0 Å². The third-order valence-electron chi connectivity index (χ3n) is 6.02. The Morgan fingerprint density at radius 3 is 3.00 bits per heavy atom. The second kappa shape index (κ2) is 4.75. The van der Waals surface area contributed by atoms with E-state index in [1.54, 1.807) is 0 Å². The maximum Gasteiger partial charge on any atom is 0.309 e. The van der Waals surface area contributed by atoms with Gasteiger partial charge in [-0.15, -0.1) is 0 Å². The molecule has 2 aliphatic carbocycles. The summed E-state index contributed by atoms with van der Waals surface area (Å²) in [5.41, 5.74) is 2.10. The predicted octanol–water partition coefficient (Wildman–Crippen LogP) is 3.45. The second-order valence-electron chi connectivity index (χ2n) is 7.08. The summed E-state index contributed by atoms with van der Waals surface area (Å²) in [6.45, 7) is 0.779. The van der Waals surface area contributed by atoms with Crippen molar-refractivity contribution in [3.05, 3.63) is 29.3 Å². The van der Waals surface area contributed by atoms with E-state index in [4.69, 9.17) is 4.74 Å². The summed E-state index contributed by atoms with van der Waals surface area (Å²) in [7, 11) is 0. The number of aliphatic carboxylic acids is 1. The Balaban J connectivity index is 1.51. The lowest BCUT2D eigenvalue weighted by Crippen LogP contribution is -2.37. The van der Waals surface area contributed by atoms with Crippen molar-refractivity contribution in [2.24, 2.45) is 17.3 Å². The molecule has 3 unspecified atom stereocenters. The molecule has 3 atom stereocenters. The summed E-state index contributed by atoms with van der Waals surface area (Å²) in [6.07, 6.45) is 7.07. The predicted molar refractivity (Wildman–Crippen MR) is 79.5 cm³/mol. The Hall–Kier alpha value is -1.51. The van der Waals surface area contributed by atoms with Crippen molar-refractivity contribution in [3.8, 4) is 5.75 Å². The number of carboxylic acid groups (broad SMARTS) is 1. The van der Waals surface area contributed by atoms with E-state index in [2.05, 4.69) is 12.1 Å². The van der Waals surface area contributed by atoms with Gasteiger partial charge in [0.15, 0.2) is 0 Å². The minimum atomic E-state index is -0.556. The molecule has 2 saturated carbocycles. The Kier molecular flexibility index (Phi) is 2.98. The topological polar surface area (TPSA) is 46.5 Å². The highest BCUT2D eigenvalue weighted by molar-refractivity contribution is 5.76. The standard InChI is InChI=1S/C18H22O3/c19-17(20)18(11-13-1-3-15(18)10-13)7-5-12-2-4-16-14(9-12)6-8-21-16/h2,4,9,13,15H,1,3,5-8,10-11H2,(H,19,20). The van der Waals surface area contributed by atoms with E-state index in [0.29, 0.717) is 11.8 Å². The molecule has 2 bridgehead atoms. The first-order valence-electron chi connectivity index (χ1n) is 8.15. The number of fused-ring (bicyclic) bond motifs is 3. The van der Waals surface area contributed by atoms with E-state index in [9.17, 15) is 9.90 Å². The summed E-state index contributed by atoms with van der Waals surface area (Å²) >= 11 is 0. The van der Waals surface area contributed by atoms with E-state index < -0.39 is 11.4 Å². The van der Waals surface area contributed by atoms with Gasteiger partial charge >= 0.3 is 5.97 Å². The molecule has 1 heterocycles. The van der Waals surface area contributed by atoms with Gasteiger partial charge in [0.2, 0.25) is 0 Å². The summed E-state index contributed by atoms with van der Waals surface area (Å²) in [5, 5.41) is 9.80. The molecule has 112 valence electrons. The smallest absolute Gasteiger partial charge is 0.309 e. The molecule has 2 fully saturated rings. The maximum atomic E-state index is 11.9. The first kappa shape index (κ1) is 13.2. The number of hydrogen-bond acceptors (Lipinski definition) is 2. The highest BCUT2D eigenvalue weighted by Gasteiger charge is 2.55. The number of aryl methyl sites for hydroxylation is 1. The van der Waals surface area contributed by atoms with Crippen LogP contribution in [0.4, 0.5) is 0 Å². The average Bonchev–Trinajstić information content (AvgIpc) is 3.19. The van der Waals surface area contributed by atoms with Crippen LogP contribution in [0.25, 0.3) is 0 Å². The second-order valence-corrected chi connectivity index (χ2v) is 7.08. The van der Waals surface area contributed by atoms with Gasteiger partial charge in [0, 0.05) is 6.42 Å².